The largest absolute Gasteiger partial charge is 0.381 e. The molecule has 1 saturated heterocycles. The topological polar surface area (TPSA) is 89.5 Å². The lowest BCUT2D eigenvalue weighted by Gasteiger charge is -2.22. The van der Waals surface area contributed by atoms with Gasteiger partial charge in [-0.2, -0.15) is 8.42 Å². The second-order valence-electron chi connectivity index (χ2n) is 4.42. The van der Waals surface area contributed by atoms with Crippen LogP contribution in [0.3, 0.4) is 0 Å². The van der Waals surface area contributed by atoms with E-state index in [1.807, 2.05) is 0 Å². The molecule has 1 heterocycles. The molecule has 0 bridgehead atoms. The third kappa shape index (κ3) is 3.75. The molecule has 0 saturated carbocycles. The zero-order valence-electron chi connectivity index (χ0n) is 10.5. The zero-order chi connectivity index (χ0) is 14.8. The van der Waals surface area contributed by atoms with E-state index in [1.165, 1.54) is 12.1 Å². The first-order chi connectivity index (χ1) is 9.29. The molecule has 20 heavy (non-hydrogen) atoms. The van der Waals surface area contributed by atoms with Crippen LogP contribution in [0.5, 0.6) is 0 Å². The lowest BCUT2D eigenvalue weighted by atomic mass is 10.1. The molecule has 9 heteroatoms. The van der Waals surface area contributed by atoms with E-state index in [0.717, 1.165) is 12.1 Å². The third-order valence-corrected chi connectivity index (χ3v) is 5.28. The minimum Gasteiger partial charge on any atom is -0.381 e. The normalized spacial score (nSPS) is 18.1. The molecule has 112 valence electrons. The molecule has 0 unspecified atom stereocenters. The summed E-state index contributed by atoms with van der Waals surface area (Å²) < 4.78 is 66.3. The fraction of sp³-hybridized carbons (Fsp3) is 0.455. The second-order valence-corrected chi connectivity index (χ2v) is 7.48. The summed E-state index contributed by atoms with van der Waals surface area (Å²) in [7, 11) is -8.81. The van der Waals surface area contributed by atoms with E-state index in [0.29, 0.717) is 26.1 Å². The van der Waals surface area contributed by atoms with Crippen molar-refractivity contribution >= 4 is 20.2 Å². The van der Waals surface area contributed by atoms with Crippen molar-refractivity contribution in [1.82, 2.24) is 4.72 Å². The van der Waals surface area contributed by atoms with Crippen LogP contribution in [0.4, 0.5) is 3.89 Å². The van der Waals surface area contributed by atoms with E-state index in [2.05, 4.69) is 4.72 Å². The summed E-state index contributed by atoms with van der Waals surface area (Å²) in [4.78, 5) is -0.949. The van der Waals surface area contributed by atoms with Crippen LogP contribution in [0.1, 0.15) is 12.8 Å². The minimum absolute atomic E-state index is 0.264. The van der Waals surface area contributed by atoms with Crippen molar-refractivity contribution in [2.24, 2.45) is 0 Å². The Morgan fingerprint density at radius 1 is 1.10 bits per heavy atom. The molecule has 1 fully saturated rings. The maximum atomic E-state index is 12.9. The highest BCUT2D eigenvalue weighted by atomic mass is 32.3. The van der Waals surface area contributed by atoms with Gasteiger partial charge in [-0.05, 0) is 31.0 Å². The van der Waals surface area contributed by atoms with Crippen LogP contribution in [0.2, 0.25) is 0 Å². The number of hydrogen-bond donors (Lipinski definition) is 1. The maximum absolute atomic E-state index is 12.9. The summed E-state index contributed by atoms with van der Waals surface area (Å²) in [6.07, 6.45) is 1.08. The van der Waals surface area contributed by atoms with E-state index in [1.54, 1.807) is 0 Å². The predicted molar refractivity (Wildman–Crippen MR) is 68.9 cm³/mol. The molecule has 0 aliphatic carbocycles. The summed E-state index contributed by atoms with van der Waals surface area (Å²) in [6, 6.07) is 3.95. The van der Waals surface area contributed by atoms with E-state index < -0.39 is 25.1 Å². The van der Waals surface area contributed by atoms with Gasteiger partial charge in [0.15, 0.2) is 0 Å². The molecule has 1 aromatic carbocycles. The summed E-state index contributed by atoms with van der Waals surface area (Å²) in [5.41, 5.74) is 0. The summed E-state index contributed by atoms with van der Waals surface area (Å²) >= 11 is 0. The minimum atomic E-state index is -4.93. The number of halogens is 1. The molecular weight excluding hydrogens is 309 g/mol. The lowest BCUT2D eigenvalue weighted by Crippen LogP contribution is -2.38. The Balaban J connectivity index is 2.25. The van der Waals surface area contributed by atoms with Crippen LogP contribution < -0.4 is 4.72 Å². The second kappa shape index (κ2) is 5.76. The van der Waals surface area contributed by atoms with Crippen LogP contribution in [-0.4, -0.2) is 36.1 Å². The van der Waals surface area contributed by atoms with Gasteiger partial charge in [-0.1, -0.05) is 6.07 Å². The van der Waals surface area contributed by atoms with Gasteiger partial charge < -0.3 is 4.74 Å². The van der Waals surface area contributed by atoms with Crippen molar-refractivity contribution in [2.45, 2.75) is 28.7 Å². The monoisotopic (exact) mass is 323 g/mol. The molecule has 0 spiro atoms. The first-order valence-corrected chi connectivity index (χ1v) is 8.80. The Bertz CT molecular complexity index is 681. The molecule has 1 aliphatic heterocycles. The van der Waals surface area contributed by atoms with Crippen molar-refractivity contribution in [3.8, 4) is 0 Å². The number of ether oxygens (including phenoxy) is 1. The summed E-state index contributed by atoms with van der Waals surface area (Å²) in [5.74, 6) is 0. The lowest BCUT2D eigenvalue weighted by molar-refractivity contribution is 0.0832. The van der Waals surface area contributed by atoms with Crippen LogP contribution in [0, 0.1) is 0 Å². The molecule has 6 nitrogen and oxygen atoms in total. The quantitative estimate of drug-likeness (QED) is 0.828. The standard InChI is InChI=1S/C11H14FNO5S2/c12-19(14,15)10-2-1-3-11(8-10)20(16,17)13-9-4-6-18-7-5-9/h1-3,8-9,13H,4-7H2. The van der Waals surface area contributed by atoms with Gasteiger partial charge in [0.1, 0.15) is 0 Å². The molecule has 1 aromatic rings. The molecule has 0 radical (unpaired) electrons. The van der Waals surface area contributed by atoms with E-state index in [9.17, 15) is 20.7 Å². The van der Waals surface area contributed by atoms with Gasteiger partial charge in [0, 0.05) is 19.3 Å². The first-order valence-electron chi connectivity index (χ1n) is 5.94. The van der Waals surface area contributed by atoms with Crippen molar-refractivity contribution in [3.63, 3.8) is 0 Å². The average molecular weight is 323 g/mol. The molecule has 1 N–H and O–H groups in total. The van der Waals surface area contributed by atoms with Crippen LogP contribution in [0.25, 0.3) is 0 Å². The zero-order valence-corrected chi connectivity index (χ0v) is 12.1. The van der Waals surface area contributed by atoms with E-state index in [-0.39, 0.29) is 10.9 Å². The molecule has 2 rings (SSSR count). The number of sulfonamides is 1. The molecule has 0 aromatic heterocycles. The predicted octanol–water partition coefficient (Wildman–Crippen LogP) is 0.802. The number of hydrogen-bond acceptors (Lipinski definition) is 5. The summed E-state index contributed by atoms with van der Waals surface area (Å²) in [6.45, 7) is 0.929. The fourth-order valence-electron chi connectivity index (χ4n) is 1.90. The average Bonchev–Trinajstić information content (AvgIpc) is 2.38. The number of rotatable bonds is 4. The van der Waals surface area contributed by atoms with Crippen molar-refractivity contribution < 1.29 is 25.5 Å². The molecule has 1 aliphatic rings. The van der Waals surface area contributed by atoms with Gasteiger partial charge in [0.05, 0.1) is 9.79 Å². The number of benzene rings is 1. The highest BCUT2D eigenvalue weighted by Crippen LogP contribution is 2.18. The van der Waals surface area contributed by atoms with Gasteiger partial charge in [0.2, 0.25) is 10.0 Å². The van der Waals surface area contributed by atoms with Crippen molar-refractivity contribution in [3.05, 3.63) is 24.3 Å². The SMILES string of the molecule is O=S(=O)(F)c1cccc(S(=O)(=O)NC2CCOCC2)c1. The van der Waals surface area contributed by atoms with Crippen molar-refractivity contribution in [2.75, 3.05) is 13.2 Å². The highest BCUT2D eigenvalue weighted by molar-refractivity contribution is 7.89. The molecule has 0 atom stereocenters. The Morgan fingerprint density at radius 3 is 2.30 bits per heavy atom. The van der Waals surface area contributed by atoms with Crippen LogP contribution in [0.15, 0.2) is 34.1 Å². The van der Waals surface area contributed by atoms with Gasteiger partial charge >= 0.3 is 10.2 Å². The highest BCUT2D eigenvalue weighted by Gasteiger charge is 2.23. The summed E-state index contributed by atoms with van der Waals surface area (Å²) in [5, 5.41) is 0. The Labute approximate surface area is 117 Å². The van der Waals surface area contributed by atoms with Crippen molar-refractivity contribution in [1.29, 1.82) is 0 Å². The molecule has 0 amide bonds. The van der Waals surface area contributed by atoms with Gasteiger partial charge in [-0.25, -0.2) is 13.1 Å². The van der Waals surface area contributed by atoms with Crippen LogP contribution >= 0.6 is 0 Å². The fourth-order valence-corrected chi connectivity index (χ4v) is 3.83. The van der Waals surface area contributed by atoms with E-state index >= 15 is 0 Å². The maximum Gasteiger partial charge on any atom is 0.332 e. The van der Waals surface area contributed by atoms with Crippen LogP contribution in [-0.2, 0) is 25.0 Å². The smallest absolute Gasteiger partial charge is 0.332 e. The first kappa shape index (κ1) is 15.4. The Kier molecular flexibility index (Phi) is 4.43. The van der Waals surface area contributed by atoms with Gasteiger partial charge in [-0.3, -0.25) is 0 Å². The third-order valence-electron chi connectivity index (χ3n) is 2.94. The van der Waals surface area contributed by atoms with E-state index in [4.69, 9.17) is 4.74 Å². The van der Waals surface area contributed by atoms with Gasteiger partial charge in [0.25, 0.3) is 0 Å². The molecular formula is C11H14FNO5S2. The Morgan fingerprint density at radius 2 is 1.70 bits per heavy atom. The van der Waals surface area contributed by atoms with Gasteiger partial charge in [-0.15, -0.1) is 3.89 Å². The Hall–Kier alpha value is -1.03. The number of nitrogens with one attached hydrogen (secondary N) is 1.